The van der Waals surface area contributed by atoms with Crippen molar-refractivity contribution in [1.29, 1.82) is 0 Å². The second-order valence-corrected chi connectivity index (χ2v) is 6.96. The quantitative estimate of drug-likeness (QED) is 0.675. The highest BCUT2D eigenvalue weighted by Gasteiger charge is 2.22. The molecule has 6 heteroatoms. The first-order valence-electron chi connectivity index (χ1n) is 9.99. The van der Waals surface area contributed by atoms with Gasteiger partial charge in [0.25, 0.3) is 0 Å². The molecule has 0 bridgehead atoms. The first-order valence-corrected chi connectivity index (χ1v) is 9.99. The van der Waals surface area contributed by atoms with E-state index >= 15 is 0 Å². The van der Waals surface area contributed by atoms with Crippen LogP contribution in [0.2, 0.25) is 0 Å². The standard InChI is InChI=1S/C22H29N3O3/c1-2-27-20-5-7-21(8-6-20)28-15-13-24-22(26)17-25-14-3-4-19(16-25)18-9-11-23-12-10-18/h5-12,19H,2-4,13-17H2,1H3,(H,24,26)/t19-/m0/s1. The normalized spacial score (nSPS) is 17.1. The Hall–Kier alpha value is -2.60. The van der Waals surface area contributed by atoms with Crippen LogP contribution in [0.3, 0.4) is 0 Å². The Labute approximate surface area is 166 Å². The number of aromatic nitrogens is 1. The maximum atomic E-state index is 12.2. The van der Waals surface area contributed by atoms with Gasteiger partial charge in [0.15, 0.2) is 0 Å². The lowest BCUT2D eigenvalue weighted by Gasteiger charge is -2.32. The summed E-state index contributed by atoms with van der Waals surface area (Å²) in [6, 6.07) is 11.7. The van der Waals surface area contributed by atoms with Crippen LogP contribution in [0.4, 0.5) is 0 Å². The maximum absolute atomic E-state index is 12.2. The molecule has 1 aliphatic rings. The number of rotatable bonds is 9. The van der Waals surface area contributed by atoms with Crippen molar-refractivity contribution in [3.8, 4) is 11.5 Å². The summed E-state index contributed by atoms with van der Waals surface area (Å²) in [4.78, 5) is 18.6. The molecule has 1 saturated heterocycles. The van der Waals surface area contributed by atoms with Crippen LogP contribution in [0.5, 0.6) is 11.5 Å². The van der Waals surface area contributed by atoms with Crippen molar-refractivity contribution >= 4 is 5.91 Å². The van der Waals surface area contributed by atoms with E-state index in [9.17, 15) is 4.79 Å². The zero-order chi connectivity index (χ0) is 19.6. The predicted octanol–water partition coefficient (Wildman–Crippen LogP) is 2.85. The van der Waals surface area contributed by atoms with Crippen LogP contribution in [-0.2, 0) is 4.79 Å². The average Bonchev–Trinajstić information content (AvgIpc) is 2.73. The highest BCUT2D eigenvalue weighted by molar-refractivity contribution is 5.78. The van der Waals surface area contributed by atoms with E-state index in [2.05, 4.69) is 27.3 Å². The maximum Gasteiger partial charge on any atom is 0.234 e. The van der Waals surface area contributed by atoms with Crippen LogP contribution >= 0.6 is 0 Å². The molecule has 1 amide bonds. The Balaban J connectivity index is 1.35. The molecule has 1 fully saturated rings. The van der Waals surface area contributed by atoms with Gasteiger partial charge in [-0.1, -0.05) is 0 Å². The molecule has 1 aromatic heterocycles. The molecule has 6 nitrogen and oxygen atoms in total. The summed E-state index contributed by atoms with van der Waals surface area (Å²) in [5.74, 6) is 2.13. The second kappa shape index (κ2) is 10.7. The van der Waals surface area contributed by atoms with Crippen molar-refractivity contribution in [2.45, 2.75) is 25.7 Å². The second-order valence-electron chi connectivity index (χ2n) is 6.96. The number of nitrogens with one attached hydrogen (secondary N) is 1. The number of hydrogen-bond donors (Lipinski definition) is 1. The number of pyridine rings is 1. The Morgan fingerprint density at radius 3 is 2.57 bits per heavy atom. The molecule has 0 spiro atoms. The molecule has 1 N–H and O–H groups in total. The minimum Gasteiger partial charge on any atom is -0.494 e. The van der Waals surface area contributed by atoms with E-state index in [1.54, 1.807) is 0 Å². The van der Waals surface area contributed by atoms with Crippen molar-refractivity contribution in [3.63, 3.8) is 0 Å². The molecule has 3 rings (SSSR count). The lowest BCUT2D eigenvalue weighted by atomic mass is 9.91. The molecule has 0 unspecified atom stereocenters. The summed E-state index contributed by atoms with van der Waals surface area (Å²) in [7, 11) is 0. The number of carbonyl (C=O) groups is 1. The van der Waals surface area contributed by atoms with Crippen LogP contribution in [0.25, 0.3) is 0 Å². The summed E-state index contributed by atoms with van der Waals surface area (Å²) >= 11 is 0. The van der Waals surface area contributed by atoms with Crippen LogP contribution in [-0.4, -0.2) is 55.2 Å². The van der Waals surface area contributed by atoms with E-state index in [-0.39, 0.29) is 5.91 Å². The number of hydrogen-bond acceptors (Lipinski definition) is 5. The van der Waals surface area contributed by atoms with Gasteiger partial charge >= 0.3 is 0 Å². The van der Waals surface area contributed by atoms with E-state index in [0.717, 1.165) is 37.4 Å². The molecule has 1 aromatic carbocycles. The Bertz CT molecular complexity index is 722. The first-order chi connectivity index (χ1) is 13.7. The van der Waals surface area contributed by atoms with Crippen LogP contribution in [0, 0.1) is 0 Å². The lowest BCUT2D eigenvalue weighted by molar-refractivity contribution is -0.122. The van der Waals surface area contributed by atoms with Gasteiger partial charge in [0, 0.05) is 18.9 Å². The van der Waals surface area contributed by atoms with Gasteiger partial charge in [-0.2, -0.15) is 0 Å². The first kappa shape index (κ1) is 20.1. The molecule has 0 radical (unpaired) electrons. The number of carbonyl (C=O) groups excluding carboxylic acids is 1. The molecule has 2 heterocycles. The minimum absolute atomic E-state index is 0.0469. The van der Waals surface area contributed by atoms with E-state index in [1.165, 1.54) is 5.56 Å². The van der Waals surface area contributed by atoms with Crippen LogP contribution < -0.4 is 14.8 Å². The SMILES string of the molecule is CCOc1ccc(OCCNC(=O)CN2CCC[C@H](c3ccncc3)C2)cc1. The largest absolute Gasteiger partial charge is 0.494 e. The molecule has 2 aromatic rings. The number of ether oxygens (including phenoxy) is 2. The summed E-state index contributed by atoms with van der Waals surface area (Å²) in [5.41, 5.74) is 1.31. The molecule has 1 aliphatic heterocycles. The number of likely N-dealkylation sites (tertiary alicyclic amines) is 1. The van der Waals surface area contributed by atoms with Crippen LogP contribution in [0.15, 0.2) is 48.8 Å². The summed E-state index contributed by atoms with van der Waals surface area (Å²) < 4.78 is 11.1. The molecule has 0 saturated carbocycles. The zero-order valence-corrected chi connectivity index (χ0v) is 16.5. The smallest absolute Gasteiger partial charge is 0.234 e. The van der Waals surface area contributed by atoms with E-state index in [0.29, 0.717) is 32.2 Å². The van der Waals surface area contributed by atoms with Crippen molar-refractivity contribution in [3.05, 3.63) is 54.4 Å². The number of nitrogens with zero attached hydrogens (tertiary/aromatic N) is 2. The number of amides is 1. The Kier molecular flexibility index (Phi) is 7.67. The molecule has 1 atom stereocenters. The monoisotopic (exact) mass is 383 g/mol. The average molecular weight is 383 g/mol. The molecular weight excluding hydrogens is 354 g/mol. The minimum atomic E-state index is 0.0469. The zero-order valence-electron chi connectivity index (χ0n) is 16.5. The van der Waals surface area contributed by atoms with Gasteiger partial charge in [-0.15, -0.1) is 0 Å². The Morgan fingerprint density at radius 1 is 1.14 bits per heavy atom. The highest BCUT2D eigenvalue weighted by atomic mass is 16.5. The van der Waals surface area contributed by atoms with E-state index in [4.69, 9.17) is 9.47 Å². The van der Waals surface area contributed by atoms with Crippen molar-refractivity contribution < 1.29 is 14.3 Å². The van der Waals surface area contributed by atoms with Crippen molar-refractivity contribution in [2.24, 2.45) is 0 Å². The van der Waals surface area contributed by atoms with Crippen LogP contribution in [0.1, 0.15) is 31.2 Å². The van der Waals surface area contributed by atoms with Gasteiger partial charge in [-0.05, 0) is 74.2 Å². The molecule has 28 heavy (non-hydrogen) atoms. The third-order valence-electron chi connectivity index (χ3n) is 4.88. The van der Waals surface area contributed by atoms with Gasteiger partial charge < -0.3 is 14.8 Å². The van der Waals surface area contributed by atoms with E-state index in [1.807, 2.05) is 43.6 Å². The molecular formula is C22H29N3O3. The number of benzene rings is 1. The van der Waals surface area contributed by atoms with E-state index < -0.39 is 0 Å². The summed E-state index contributed by atoms with van der Waals surface area (Å²) in [6.45, 7) is 5.86. The molecule has 0 aliphatic carbocycles. The Morgan fingerprint density at radius 2 is 1.86 bits per heavy atom. The highest BCUT2D eigenvalue weighted by Crippen LogP contribution is 2.26. The fourth-order valence-electron chi connectivity index (χ4n) is 3.52. The van der Waals surface area contributed by atoms with Gasteiger partial charge in [-0.3, -0.25) is 14.7 Å². The fourth-order valence-corrected chi connectivity index (χ4v) is 3.52. The summed E-state index contributed by atoms with van der Waals surface area (Å²) in [5, 5.41) is 2.95. The van der Waals surface area contributed by atoms with Gasteiger partial charge in [-0.25, -0.2) is 0 Å². The number of piperidine rings is 1. The van der Waals surface area contributed by atoms with Crippen molar-refractivity contribution in [2.75, 3.05) is 39.4 Å². The van der Waals surface area contributed by atoms with Gasteiger partial charge in [0.2, 0.25) is 5.91 Å². The fraction of sp³-hybridized carbons (Fsp3) is 0.455. The van der Waals surface area contributed by atoms with Crippen molar-refractivity contribution in [1.82, 2.24) is 15.2 Å². The topological polar surface area (TPSA) is 63.7 Å². The van der Waals surface area contributed by atoms with Gasteiger partial charge in [0.1, 0.15) is 18.1 Å². The predicted molar refractivity (Wildman–Crippen MR) is 109 cm³/mol. The molecule has 150 valence electrons. The van der Waals surface area contributed by atoms with Gasteiger partial charge in [0.05, 0.1) is 19.7 Å². The summed E-state index contributed by atoms with van der Waals surface area (Å²) in [6.07, 6.45) is 5.95. The third-order valence-corrected chi connectivity index (χ3v) is 4.88. The third kappa shape index (κ3) is 6.23. The lowest BCUT2D eigenvalue weighted by Crippen LogP contribution is -2.42.